The van der Waals surface area contributed by atoms with E-state index in [0.29, 0.717) is 38.0 Å². The van der Waals surface area contributed by atoms with E-state index >= 15 is 0 Å². The molecule has 0 atom stereocenters. The third-order valence-corrected chi connectivity index (χ3v) is 5.61. The molecule has 0 saturated carbocycles. The number of carbonyl (C=O) groups excluding carboxylic acids is 1. The summed E-state index contributed by atoms with van der Waals surface area (Å²) in [6.45, 7) is 2.04. The molecule has 148 valence electrons. The van der Waals surface area contributed by atoms with Crippen LogP contribution in [0.1, 0.15) is 16.1 Å². The lowest BCUT2D eigenvalue weighted by Gasteiger charge is -2.38. The molecule has 3 aromatic rings. The maximum absolute atomic E-state index is 13.6. The second-order valence-electron chi connectivity index (χ2n) is 6.52. The van der Waals surface area contributed by atoms with Gasteiger partial charge >= 0.3 is 0 Å². The first-order valence-corrected chi connectivity index (χ1v) is 9.92. The number of benzene rings is 2. The summed E-state index contributed by atoms with van der Waals surface area (Å²) in [5, 5.41) is 0.460. The predicted molar refractivity (Wildman–Crippen MR) is 115 cm³/mol. The van der Waals surface area contributed by atoms with Crippen LogP contribution in [0.2, 0.25) is 5.02 Å². The topological polar surface area (TPSA) is 45.7 Å². The largest absolute Gasteiger partial charge is 0.481 e. The number of hydrogen-bond acceptors (Lipinski definition) is 4. The fraction of sp³-hybridized carbons (Fsp3) is 0.143. The fourth-order valence-electron chi connectivity index (χ4n) is 3.36. The van der Waals surface area contributed by atoms with Crippen molar-refractivity contribution in [1.29, 1.82) is 0 Å². The van der Waals surface area contributed by atoms with Crippen LogP contribution < -0.4 is 14.5 Å². The molecule has 0 radical (unpaired) electrons. The summed E-state index contributed by atoms with van der Waals surface area (Å²) >= 11 is 9.61. The van der Waals surface area contributed by atoms with Crippen molar-refractivity contribution in [2.75, 3.05) is 23.6 Å². The first kappa shape index (κ1) is 19.7. The fourth-order valence-corrected chi connectivity index (χ4v) is 4.10. The molecule has 0 bridgehead atoms. The Morgan fingerprint density at radius 3 is 2.48 bits per heavy atom. The summed E-state index contributed by atoms with van der Waals surface area (Å²) in [6, 6.07) is 13.1. The summed E-state index contributed by atoms with van der Waals surface area (Å²) in [5.74, 6) is -0.0681. The zero-order valence-corrected chi connectivity index (χ0v) is 18.0. The number of nitrogens with zero attached hydrogens (tertiary/aromatic N) is 3. The molecule has 1 aromatic heterocycles. The van der Waals surface area contributed by atoms with Crippen LogP contribution in [0.15, 0.2) is 53.0 Å². The highest BCUT2D eigenvalue weighted by atomic mass is 79.9. The Morgan fingerprint density at radius 1 is 1.07 bits per heavy atom. The molecule has 0 spiro atoms. The second kappa shape index (κ2) is 7.65. The molecule has 5 nitrogen and oxygen atoms in total. The minimum absolute atomic E-state index is 0.188. The van der Waals surface area contributed by atoms with Gasteiger partial charge in [-0.1, -0.05) is 11.6 Å². The quantitative estimate of drug-likeness (QED) is 0.486. The van der Waals surface area contributed by atoms with Crippen LogP contribution in [-0.2, 0) is 0 Å². The highest BCUT2D eigenvalue weighted by Crippen LogP contribution is 2.40. The number of pyridine rings is 1. The van der Waals surface area contributed by atoms with Crippen LogP contribution in [0.4, 0.5) is 21.5 Å². The molecule has 0 aliphatic carbocycles. The summed E-state index contributed by atoms with van der Waals surface area (Å²) in [6.07, 6.45) is 0. The summed E-state index contributed by atoms with van der Waals surface area (Å²) < 4.78 is 19.4. The van der Waals surface area contributed by atoms with E-state index in [0.717, 1.165) is 5.69 Å². The van der Waals surface area contributed by atoms with Gasteiger partial charge in [-0.15, -0.1) is 0 Å². The van der Waals surface area contributed by atoms with Crippen molar-refractivity contribution in [3.05, 3.63) is 75.1 Å². The monoisotopic (exact) mass is 475 g/mol. The van der Waals surface area contributed by atoms with Gasteiger partial charge in [-0.05, 0) is 65.3 Å². The third kappa shape index (κ3) is 3.56. The average Bonchev–Trinajstić information content (AvgIpc) is 2.69. The first-order valence-electron chi connectivity index (χ1n) is 8.74. The summed E-state index contributed by atoms with van der Waals surface area (Å²) in [4.78, 5) is 21.2. The molecule has 1 amide bonds. The Kier molecular flexibility index (Phi) is 5.19. The van der Waals surface area contributed by atoms with Gasteiger partial charge in [0.2, 0.25) is 5.88 Å². The van der Waals surface area contributed by atoms with Crippen LogP contribution in [-0.4, -0.2) is 24.7 Å². The molecular weight excluding hydrogens is 461 g/mol. The zero-order valence-electron chi connectivity index (χ0n) is 15.6. The van der Waals surface area contributed by atoms with E-state index in [1.807, 2.05) is 11.8 Å². The van der Waals surface area contributed by atoms with Gasteiger partial charge in [0.15, 0.2) is 0 Å². The highest BCUT2D eigenvalue weighted by Gasteiger charge is 2.33. The number of hydrogen-bond donors (Lipinski definition) is 0. The molecule has 2 aromatic carbocycles. The first-order chi connectivity index (χ1) is 13.9. The number of aromatic nitrogens is 1. The van der Waals surface area contributed by atoms with Crippen LogP contribution in [0.3, 0.4) is 0 Å². The third-order valence-electron chi connectivity index (χ3n) is 4.74. The van der Waals surface area contributed by atoms with Crippen molar-refractivity contribution in [3.63, 3.8) is 0 Å². The Labute approximate surface area is 180 Å². The lowest BCUT2D eigenvalue weighted by atomic mass is 10.1. The maximum atomic E-state index is 13.6. The number of amides is 1. The van der Waals surface area contributed by atoms with Gasteiger partial charge in [0.05, 0.1) is 35.4 Å². The summed E-state index contributed by atoms with van der Waals surface area (Å²) in [5.41, 5.74) is 3.19. The Morgan fingerprint density at radius 2 is 1.79 bits per heavy atom. The Hall–Kier alpha value is -2.64. The number of rotatable bonds is 3. The van der Waals surface area contributed by atoms with E-state index in [2.05, 4.69) is 20.9 Å². The van der Waals surface area contributed by atoms with Gasteiger partial charge in [-0.2, -0.15) is 0 Å². The highest BCUT2D eigenvalue weighted by molar-refractivity contribution is 9.10. The normalized spacial score (nSPS) is 13.5. The van der Waals surface area contributed by atoms with E-state index in [9.17, 15) is 9.18 Å². The molecule has 8 heteroatoms. The number of fused-ring (bicyclic) bond motifs is 1. The van der Waals surface area contributed by atoms with E-state index in [1.165, 1.54) is 12.1 Å². The van der Waals surface area contributed by atoms with Crippen molar-refractivity contribution in [1.82, 2.24) is 4.98 Å². The lowest BCUT2D eigenvalue weighted by molar-refractivity contribution is 0.0983. The predicted octanol–water partition coefficient (Wildman–Crippen LogP) is 5.71. The SMILES string of the molecule is COc1ccc(N2CN(c3ccc(F)cc3Br)c3ccc(Cl)cc3C2=O)c(C)n1. The number of aryl methyl sites for hydroxylation is 1. The number of methoxy groups -OCH3 is 1. The van der Waals surface area contributed by atoms with Crippen molar-refractivity contribution >= 4 is 50.5 Å². The average molecular weight is 477 g/mol. The molecule has 0 saturated heterocycles. The summed E-state index contributed by atoms with van der Waals surface area (Å²) in [7, 11) is 1.54. The van der Waals surface area contributed by atoms with E-state index in [1.54, 1.807) is 48.4 Å². The van der Waals surface area contributed by atoms with Crippen molar-refractivity contribution in [2.45, 2.75) is 6.92 Å². The molecule has 29 heavy (non-hydrogen) atoms. The molecule has 2 heterocycles. The van der Waals surface area contributed by atoms with Crippen LogP contribution in [0.25, 0.3) is 0 Å². The van der Waals surface area contributed by atoms with Crippen molar-refractivity contribution in [3.8, 4) is 5.88 Å². The van der Waals surface area contributed by atoms with Gasteiger partial charge in [0.1, 0.15) is 12.5 Å². The van der Waals surface area contributed by atoms with Crippen LogP contribution in [0.5, 0.6) is 5.88 Å². The van der Waals surface area contributed by atoms with Gasteiger partial charge < -0.3 is 9.64 Å². The number of carbonyl (C=O) groups is 1. The van der Waals surface area contributed by atoms with Crippen molar-refractivity contribution < 1.29 is 13.9 Å². The van der Waals surface area contributed by atoms with E-state index < -0.39 is 0 Å². The molecule has 4 rings (SSSR count). The van der Waals surface area contributed by atoms with Gasteiger partial charge in [0.25, 0.3) is 5.91 Å². The lowest BCUT2D eigenvalue weighted by Crippen LogP contribution is -2.45. The molecule has 0 N–H and O–H groups in total. The van der Waals surface area contributed by atoms with Gasteiger partial charge in [-0.3, -0.25) is 9.69 Å². The smallest absolute Gasteiger partial charge is 0.261 e. The second-order valence-corrected chi connectivity index (χ2v) is 7.81. The Balaban J connectivity index is 1.87. The standard InChI is InChI=1S/C21H16BrClFN3O2/c1-12-17(7-8-20(25-12)29-2)27-11-26(19-6-4-14(24)10-16(19)22)18-5-3-13(23)9-15(18)21(27)28/h3-10H,11H2,1-2H3. The maximum Gasteiger partial charge on any atom is 0.261 e. The van der Waals surface area contributed by atoms with E-state index in [-0.39, 0.29) is 18.4 Å². The zero-order chi connectivity index (χ0) is 20.7. The molecule has 1 aliphatic rings. The Bertz CT molecular complexity index is 1130. The molecule has 0 fully saturated rings. The number of halogens is 3. The van der Waals surface area contributed by atoms with Crippen molar-refractivity contribution in [2.24, 2.45) is 0 Å². The van der Waals surface area contributed by atoms with E-state index in [4.69, 9.17) is 16.3 Å². The molecular formula is C21H16BrClFN3O2. The number of anilines is 3. The van der Waals surface area contributed by atoms with Gasteiger partial charge in [-0.25, -0.2) is 9.37 Å². The molecule has 1 aliphatic heterocycles. The molecule has 0 unspecified atom stereocenters. The minimum atomic E-state index is -0.350. The number of ether oxygens (including phenoxy) is 1. The van der Waals surface area contributed by atoms with Gasteiger partial charge in [0, 0.05) is 15.6 Å². The van der Waals surface area contributed by atoms with Crippen LogP contribution >= 0.6 is 27.5 Å². The van der Waals surface area contributed by atoms with Crippen LogP contribution in [0, 0.1) is 12.7 Å². The minimum Gasteiger partial charge on any atom is -0.481 e.